The van der Waals surface area contributed by atoms with Crippen LogP contribution in [-0.4, -0.2) is 64.2 Å². The average molecular weight is 500 g/mol. The van der Waals surface area contributed by atoms with E-state index in [0.29, 0.717) is 41.8 Å². The highest BCUT2D eigenvalue weighted by molar-refractivity contribution is 7.99. The first-order chi connectivity index (χ1) is 16.4. The van der Waals surface area contributed by atoms with Gasteiger partial charge in [-0.25, -0.2) is 9.40 Å². The summed E-state index contributed by atoms with van der Waals surface area (Å²) in [4.78, 5) is 14.8. The minimum atomic E-state index is -0.428. The van der Waals surface area contributed by atoms with Crippen LogP contribution in [0.4, 0.5) is 10.1 Å². The fourth-order valence-electron chi connectivity index (χ4n) is 4.62. The van der Waals surface area contributed by atoms with Crippen LogP contribution in [0.25, 0.3) is 21.9 Å². The Bertz CT molecular complexity index is 1300. The smallest absolute Gasteiger partial charge is 0.246 e. The second kappa shape index (κ2) is 9.11. The van der Waals surface area contributed by atoms with Crippen LogP contribution in [-0.2, 0) is 4.79 Å². The van der Waals surface area contributed by atoms with Crippen molar-refractivity contribution in [2.24, 2.45) is 0 Å². The molecule has 3 aromatic rings. The molecule has 1 fully saturated rings. The minimum absolute atomic E-state index is 0.0699. The Balaban J connectivity index is 1.44. The number of rotatable bonds is 4. The van der Waals surface area contributed by atoms with Crippen LogP contribution in [0, 0.1) is 5.82 Å². The number of carbonyl (C=O) groups is 1. The molecule has 0 spiro atoms. The van der Waals surface area contributed by atoms with E-state index in [4.69, 9.17) is 11.6 Å². The number of anilines is 1. The summed E-state index contributed by atoms with van der Waals surface area (Å²) in [7, 11) is 0. The van der Waals surface area contributed by atoms with Gasteiger partial charge >= 0.3 is 0 Å². The van der Waals surface area contributed by atoms with Gasteiger partial charge in [-0.2, -0.15) is 0 Å². The Kier molecular flexibility index (Phi) is 6.16. The third-order valence-corrected chi connectivity index (χ3v) is 7.66. The van der Waals surface area contributed by atoms with E-state index in [1.807, 2.05) is 18.2 Å². The van der Waals surface area contributed by atoms with E-state index < -0.39 is 5.82 Å². The summed E-state index contributed by atoms with van der Waals surface area (Å²) in [6.45, 7) is 5.07. The largest absolute Gasteiger partial charge is 0.507 e. The molecule has 34 heavy (non-hydrogen) atoms. The number of phenolic OH excluding ortho intramolecular Hbond substituents is 1. The normalized spacial score (nSPS) is 18.4. The van der Waals surface area contributed by atoms with Gasteiger partial charge in [-0.1, -0.05) is 24.2 Å². The molecule has 1 saturated heterocycles. The SMILES string of the molecule is C=CC(=O)N1CCN(N2CSc3cc(-c4cc5cc(F)cc(Cl)c5cc4O)ccc32)[C@@H](CO)C1. The number of hydrogen-bond donors (Lipinski definition) is 2. The van der Waals surface area contributed by atoms with E-state index >= 15 is 0 Å². The van der Waals surface area contributed by atoms with Crippen LogP contribution in [0.2, 0.25) is 5.02 Å². The Morgan fingerprint density at radius 3 is 2.82 bits per heavy atom. The van der Waals surface area contributed by atoms with Crippen molar-refractivity contribution in [1.82, 2.24) is 9.91 Å². The van der Waals surface area contributed by atoms with E-state index in [0.717, 1.165) is 16.1 Å². The van der Waals surface area contributed by atoms with E-state index in [-0.39, 0.29) is 29.3 Å². The van der Waals surface area contributed by atoms with Crippen molar-refractivity contribution >= 4 is 45.7 Å². The number of phenols is 1. The fraction of sp³-hybridized carbons (Fsp3) is 0.240. The summed E-state index contributed by atoms with van der Waals surface area (Å²) < 4.78 is 13.9. The molecule has 0 radical (unpaired) electrons. The number of aliphatic hydroxyl groups is 1. The van der Waals surface area contributed by atoms with Gasteiger partial charge in [0, 0.05) is 35.5 Å². The van der Waals surface area contributed by atoms with Gasteiger partial charge in [-0.05, 0) is 53.4 Å². The topological polar surface area (TPSA) is 67.3 Å². The number of halogens is 2. The van der Waals surface area contributed by atoms with Crippen molar-refractivity contribution in [3.05, 3.63) is 66.0 Å². The predicted octanol–water partition coefficient (Wildman–Crippen LogP) is 4.48. The Morgan fingerprint density at radius 2 is 2.06 bits per heavy atom. The van der Waals surface area contributed by atoms with Gasteiger partial charge in [0.2, 0.25) is 5.91 Å². The summed E-state index contributed by atoms with van der Waals surface area (Å²) in [5, 5.41) is 26.4. The number of thioether (sulfide) groups is 1. The molecule has 2 aliphatic rings. The predicted molar refractivity (Wildman–Crippen MR) is 134 cm³/mol. The van der Waals surface area contributed by atoms with Crippen LogP contribution < -0.4 is 5.01 Å². The molecule has 0 aromatic heterocycles. The molecule has 0 unspecified atom stereocenters. The molecule has 9 heteroatoms. The van der Waals surface area contributed by atoms with E-state index in [2.05, 4.69) is 16.6 Å². The van der Waals surface area contributed by atoms with Crippen LogP contribution in [0.5, 0.6) is 5.75 Å². The summed E-state index contributed by atoms with van der Waals surface area (Å²) in [6.07, 6.45) is 1.30. The molecule has 176 valence electrons. The lowest BCUT2D eigenvalue weighted by Crippen LogP contribution is -2.61. The monoisotopic (exact) mass is 499 g/mol. The molecule has 3 aromatic carbocycles. The van der Waals surface area contributed by atoms with Crippen molar-refractivity contribution in [1.29, 1.82) is 0 Å². The molecule has 1 amide bonds. The Hall–Kier alpha value is -2.78. The van der Waals surface area contributed by atoms with E-state index in [9.17, 15) is 19.4 Å². The van der Waals surface area contributed by atoms with Gasteiger partial charge in [-0.3, -0.25) is 9.80 Å². The molecule has 0 aliphatic carbocycles. The highest BCUT2D eigenvalue weighted by Crippen LogP contribution is 2.44. The zero-order valence-electron chi connectivity index (χ0n) is 18.2. The number of nitrogens with zero attached hydrogens (tertiary/aromatic N) is 3. The zero-order chi connectivity index (χ0) is 24.0. The maximum Gasteiger partial charge on any atom is 0.246 e. The van der Waals surface area contributed by atoms with Crippen LogP contribution in [0.1, 0.15) is 0 Å². The summed E-state index contributed by atoms with van der Waals surface area (Å²) in [5.74, 6) is 0.192. The molecule has 6 nitrogen and oxygen atoms in total. The van der Waals surface area contributed by atoms with Crippen molar-refractivity contribution in [3.63, 3.8) is 0 Å². The minimum Gasteiger partial charge on any atom is -0.507 e. The summed E-state index contributed by atoms with van der Waals surface area (Å²) in [5.41, 5.74) is 2.42. The molecule has 0 saturated carbocycles. The fourth-order valence-corrected chi connectivity index (χ4v) is 5.97. The summed E-state index contributed by atoms with van der Waals surface area (Å²) >= 11 is 7.81. The highest BCUT2D eigenvalue weighted by atomic mass is 35.5. The molecular formula is C25H23ClFN3O3S. The lowest BCUT2D eigenvalue weighted by atomic mass is 9.99. The number of piperazine rings is 1. The van der Waals surface area contributed by atoms with E-state index in [1.165, 1.54) is 18.2 Å². The van der Waals surface area contributed by atoms with Gasteiger partial charge in [0.25, 0.3) is 0 Å². The molecule has 1 atom stereocenters. The second-order valence-corrected chi connectivity index (χ2v) is 9.72. The number of hydrazine groups is 1. The molecule has 2 heterocycles. The lowest BCUT2D eigenvalue weighted by molar-refractivity contribution is -0.129. The van der Waals surface area contributed by atoms with Crippen molar-refractivity contribution in [2.75, 3.05) is 37.1 Å². The quantitative estimate of drug-likeness (QED) is 0.516. The van der Waals surface area contributed by atoms with Gasteiger partial charge in [-0.15, -0.1) is 11.8 Å². The van der Waals surface area contributed by atoms with Crippen molar-refractivity contribution in [3.8, 4) is 16.9 Å². The number of carbonyl (C=O) groups excluding carboxylic acids is 1. The average Bonchev–Trinajstić information content (AvgIpc) is 3.26. The van der Waals surface area contributed by atoms with Gasteiger partial charge in [0.05, 0.1) is 29.2 Å². The molecular weight excluding hydrogens is 477 g/mol. The highest BCUT2D eigenvalue weighted by Gasteiger charge is 2.35. The zero-order valence-corrected chi connectivity index (χ0v) is 19.8. The molecule has 2 N–H and O–H groups in total. The maximum atomic E-state index is 13.9. The van der Waals surface area contributed by atoms with Gasteiger partial charge in [0.1, 0.15) is 11.6 Å². The molecule has 2 aliphatic heterocycles. The summed E-state index contributed by atoms with van der Waals surface area (Å²) in [6, 6.07) is 11.6. The first-order valence-corrected chi connectivity index (χ1v) is 12.2. The van der Waals surface area contributed by atoms with Crippen molar-refractivity contribution < 1.29 is 19.4 Å². The number of benzene rings is 3. The maximum absolute atomic E-state index is 13.9. The standard InChI is InChI=1S/C25H23ClFN3O3S/c1-2-25(33)28-5-6-29(18(12-28)13-31)30-14-34-24-9-15(3-4-22(24)30)20-8-16-7-17(27)10-21(26)19(16)11-23(20)32/h2-4,7-11,18,31-32H,1,5-6,12-14H2/t18-/m1/s1. The lowest BCUT2D eigenvalue weighted by Gasteiger charge is -2.45. The van der Waals surface area contributed by atoms with Crippen LogP contribution in [0.3, 0.4) is 0 Å². The number of aliphatic hydroxyl groups excluding tert-OH is 1. The van der Waals surface area contributed by atoms with Gasteiger partial charge in [0.15, 0.2) is 0 Å². The van der Waals surface area contributed by atoms with Crippen molar-refractivity contribution in [2.45, 2.75) is 10.9 Å². The first-order valence-electron chi connectivity index (χ1n) is 10.8. The Morgan fingerprint density at radius 1 is 1.24 bits per heavy atom. The molecule has 5 rings (SSSR count). The number of hydrogen-bond acceptors (Lipinski definition) is 6. The van der Waals surface area contributed by atoms with E-state index in [1.54, 1.807) is 28.8 Å². The van der Waals surface area contributed by atoms with Crippen LogP contribution >= 0.6 is 23.4 Å². The number of amides is 1. The van der Waals surface area contributed by atoms with Gasteiger partial charge < -0.3 is 15.1 Å². The molecule has 0 bridgehead atoms. The third-order valence-electron chi connectivity index (χ3n) is 6.33. The second-order valence-electron chi connectivity index (χ2n) is 8.32. The third kappa shape index (κ3) is 4.01. The number of fused-ring (bicyclic) bond motifs is 2. The van der Waals surface area contributed by atoms with Crippen LogP contribution in [0.15, 0.2) is 60.0 Å². The first kappa shape index (κ1) is 23.0. The Labute approximate surface area is 205 Å². The number of aromatic hydroxyl groups is 1.